The third kappa shape index (κ3) is 5.44. The highest BCUT2D eigenvalue weighted by Crippen LogP contribution is 2.24. The average molecular weight is 456 g/mol. The van der Waals surface area contributed by atoms with Gasteiger partial charge < -0.3 is 10.6 Å². The normalized spacial score (nSPS) is 14.9. The van der Waals surface area contributed by atoms with Crippen molar-refractivity contribution in [1.29, 1.82) is 0 Å². The molecule has 32 heavy (non-hydrogen) atoms. The van der Waals surface area contributed by atoms with Crippen LogP contribution in [-0.2, 0) is 10.0 Å². The molecule has 2 N–H and O–H groups in total. The Labute approximate surface area is 189 Å². The topological polar surface area (TPSA) is 95.6 Å². The van der Waals surface area contributed by atoms with E-state index in [1.54, 1.807) is 49.4 Å². The molecule has 3 rings (SSSR count). The fourth-order valence-corrected chi connectivity index (χ4v) is 5.22. The molecular weight excluding hydrogens is 426 g/mol. The van der Waals surface area contributed by atoms with E-state index in [9.17, 15) is 18.0 Å². The lowest BCUT2D eigenvalue weighted by atomic mass is 10.1. The minimum atomic E-state index is -3.68. The number of carbonyl (C=O) groups excluding carboxylic acids is 2. The Hall–Kier alpha value is -2.97. The van der Waals surface area contributed by atoms with Crippen LogP contribution in [0.15, 0.2) is 60.0 Å². The SMILES string of the molecule is C=CCNC(=O)c1ccccc1NC(=O)c1cc(S(=O)(=O)N2CCCCCC2)ccc1C. The van der Waals surface area contributed by atoms with Crippen LogP contribution in [0.3, 0.4) is 0 Å². The summed E-state index contributed by atoms with van der Waals surface area (Å²) in [5, 5.41) is 5.45. The summed E-state index contributed by atoms with van der Waals surface area (Å²) in [5.74, 6) is -0.811. The van der Waals surface area contributed by atoms with Crippen molar-refractivity contribution in [2.24, 2.45) is 0 Å². The van der Waals surface area contributed by atoms with E-state index in [4.69, 9.17) is 0 Å². The van der Waals surface area contributed by atoms with Gasteiger partial charge in [-0.15, -0.1) is 6.58 Å². The Morgan fingerprint density at radius 2 is 1.69 bits per heavy atom. The van der Waals surface area contributed by atoms with Gasteiger partial charge in [0.2, 0.25) is 10.0 Å². The third-order valence-electron chi connectivity index (χ3n) is 5.48. The third-order valence-corrected chi connectivity index (χ3v) is 7.38. The molecule has 0 spiro atoms. The van der Waals surface area contributed by atoms with E-state index < -0.39 is 15.9 Å². The molecule has 170 valence electrons. The number of para-hydroxylation sites is 1. The van der Waals surface area contributed by atoms with Crippen molar-refractivity contribution in [1.82, 2.24) is 9.62 Å². The van der Waals surface area contributed by atoms with Gasteiger partial charge in [0.25, 0.3) is 11.8 Å². The zero-order chi connectivity index (χ0) is 23.1. The molecule has 2 aromatic carbocycles. The lowest BCUT2D eigenvalue weighted by Crippen LogP contribution is -2.32. The molecule has 0 aliphatic carbocycles. The number of carbonyl (C=O) groups is 2. The monoisotopic (exact) mass is 455 g/mol. The molecule has 0 saturated carbocycles. The van der Waals surface area contributed by atoms with Crippen molar-refractivity contribution in [2.75, 3.05) is 25.0 Å². The lowest BCUT2D eigenvalue weighted by Gasteiger charge is -2.20. The summed E-state index contributed by atoms with van der Waals surface area (Å²) in [5.41, 5.74) is 1.56. The summed E-state index contributed by atoms with van der Waals surface area (Å²) in [7, 11) is -3.68. The number of nitrogens with zero attached hydrogens (tertiary/aromatic N) is 1. The quantitative estimate of drug-likeness (QED) is 0.622. The van der Waals surface area contributed by atoms with Crippen LogP contribution in [0.5, 0.6) is 0 Å². The van der Waals surface area contributed by atoms with Crippen molar-refractivity contribution < 1.29 is 18.0 Å². The lowest BCUT2D eigenvalue weighted by molar-refractivity contribution is 0.0959. The Bertz CT molecular complexity index is 1100. The molecule has 0 aromatic heterocycles. The molecular formula is C24H29N3O4S. The van der Waals surface area contributed by atoms with E-state index >= 15 is 0 Å². The van der Waals surface area contributed by atoms with E-state index in [1.165, 1.54) is 10.4 Å². The zero-order valence-corrected chi connectivity index (χ0v) is 19.1. The Balaban J connectivity index is 1.87. The summed E-state index contributed by atoms with van der Waals surface area (Å²) in [6.45, 7) is 6.61. The molecule has 8 heteroatoms. The maximum Gasteiger partial charge on any atom is 0.255 e. The second kappa shape index (κ2) is 10.6. The first-order valence-electron chi connectivity index (χ1n) is 10.7. The Morgan fingerprint density at radius 3 is 2.38 bits per heavy atom. The van der Waals surface area contributed by atoms with E-state index in [0.29, 0.717) is 36.4 Å². The average Bonchev–Trinajstić information content (AvgIpc) is 3.08. The molecule has 0 unspecified atom stereocenters. The maximum atomic E-state index is 13.2. The predicted octanol–water partition coefficient (Wildman–Crippen LogP) is 3.73. The van der Waals surface area contributed by atoms with Crippen molar-refractivity contribution in [3.63, 3.8) is 0 Å². The first-order valence-corrected chi connectivity index (χ1v) is 12.2. The van der Waals surface area contributed by atoms with Crippen molar-refractivity contribution in [2.45, 2.75) is 37.5 Å². The predicted molar refractivity (Wildman–Crippen MR) is 125 cm³/mol. The second-order valence-electron chi connectivity index (χ2n) is 7.79. The molecule has 2 aromatic rings. The molecule has 0 bridgehead atoms. The van der Waals surface area contributed by atoms with Crippen LogP contribution in [0.25, 0.3) is 0 Å². The maximum absolute atomic E-state index is 13.2. The van der Waals surface area contributed by atoms with Gasteiger partial charge in [0.05, 0.1) is 16.1 Å². The number of hydrogen-bond donors (Lipinski definition) is 2. The largest absolute Gasteiger partial charge is 0.349 e. The fourth-order valence-electron chi connectivity index (χ4n) is 3.68. The first kappa shape index (κ1) is 23.7. The molecule has 1 fully saturated rings. The number of benzene rings is 2. The summed E-state index contributed by atoms with van der Waals surface area (Å²) in [4.78, 5) is 25.6. The second-order valence-corrected chi connectivity index (χ2v) is 9.73. The number of aryl methyl sites for hydroxylation is 1. The number of rotatable bonds is 7. The fraction of sp³-hybridized carbons (Fsp3) is 0.333. The van der Waals surface area contributed by atoms with Gasteiger partial charge in [-0.05, 0) is 49.6 Å². The molecule has 1 heterocycles. The molecule has 0 atom stereocenters. The molecule has 7 nitrogen and oxygen atoms in total. The summed E-state index contributed by atoms with van der Waals surface area (Å²) < 4.78 is 27.8. The minimum absolute atomic E-state index is 0.104. The van der Waals surface area contributed by atoms with Crippen LogP contribution in [0.2, 0.25) is 0 Å². The van der Waals surface area contributed by atoms with Crippen LogP contribution in [-0.4, -0.2) is 44.2 Å². The number of anilines is 1. The van der Waals surface area contributed by atoms with Crippen LogP contribution >= 0.6 is 0 Å². The highest BCUT2D eigenvalue weighted by Gasteiger charge is 2.26. The number of sulfonamides is 1. The molecule has 0 radical (unpaired) electrons. The summed E-state index contributed by atoms with van der Waals surface area (Å²) >= 11 is 0. The van der Waals surface area contributed by atoms with Gasteiger partial charge >= 0.3 is 0 Å². The van der Waals surface area contributed by atoms with Gasteiger partial charge in [-0.3, -0.25) is 9.59 Å². The molecule has 1 aliphatic heterocycles. The van der Waals surface area contributed by atoms with Gasteiger partial charge in [0.15, 0.2) is 0 Å². The molecule has 1 saturated heterocycles. The molecule has 2 amide bonds. The van der Waals surface area contributed by atoms with Crippen molar-refractivity contribution in [3.05, 3.63) is 71.8 Å². The van der Waals surface area contributed by atoms with E-state index in [-0.39, 0.29) is 16.4 Å². The number of amides is 2. The van der Waals surface area contributed by atoms with Crippen molar-refractivity contribution in [3.8, 4) is 0 Å². The van der Waals surface area contributed by atoms with Gasteiger partial charge in [-0.1, -0.05) is 37.1 Å². The van der Waals surface area contributed by atoms with E-state index in [1.807, 2.05) is 0 Å². The molecule has 1 aliphatic rings. The van der Waals surface area contributed by atoms with Crippen LogP contribution < -0.4 is 10.6 Å². The van der Waals surface area contributed by atoms with Gasteiger partial charge in [0, 0.05) is 25.2 Å². The Kier molecular flexibility index (Phi) is 7.82. The number of hydrogen-bond acceptors (Lipinski definition) is 4. The van der Waals surface area contributed by atoms with Crippen molar-refractivity contribution >= 4 is 27.5 Å². The minimum Gasteiger partial charge on any atom is -0.349 e. The van der Waals surface area contributed by atoms with Gasteiger partial charge in [0.1, 0.15) is 0 Å². The highest BCUT2D eigenvalue weighted by molar-refractivity contribution is 7.89. The summed E-state index contributed by atoms with van der Waals surface area (Å²) in [6, 6.07) is 11.3. The first-order chi connectivity index (χ1) is 15.3. The zero-order valence-electron chi connectivity index (χ0n) is 18.3. The Morgan fingerprint density at radius 1 is 1.00 bits per heavy atom. The number of nitrogens with one attached hydrogen (secondary N) is 2. The van der Waals surface area contributed by atoms with Crippen LogP contribution in [0.1, 0.15) is 52.0 Å². The summed E-state index contributed by atoms with van der Waals surface area (Å²) in [6.07, 6.45) is 5.28. The van der Waals surface area contributed by atoms with E-state index in [2.05, 4.69) is 17.2 Å². The highest BCUT2D eigenvalue weighted by atomic mass is 32.2. The van der Waals surface area contributed by atoms with Crippen LogP contribution in [0, 0.1) is 6.92 Å². The van der Waals surface area contributed by atoms with Crippen LogP contribution in [0.4, 0.5) is 5.69 Å². The standard InChI is InChI=1S/C24H29N3O4S/c1-3-14-25-23(28)20-10-6-7-11-22(20)26-24(29)21-17-19(13-12-18(21)2)32(30,31)27-15-8-4-5-9-16-27/h3,6-7,10-13,17H,1,4-5,8-9,14-16H2,2H3,(H,25,28)(H,26,29). The van der Waals surface area contributed by atoms with E-state index in [0.717, 1.165) is 25.7 Å². The van der Waals surface area contributed by atoms with Gasteiger partial charge in [-0.2, -0.15) is 4.31 Å². The van der Waals surface area contributed by atoms with Gasteiger partial charge in [-0.25, -0.2) is 8.42 Å². The smallest absolute Gasteiger partial charge is 0.255 e.